The van der Waals surface area contributed by atoms with Gasteiger partial charge in [0.05, 0.1) is 18.1 Å². The smallest absolute Gasteiger partial charge is 0.294 e. The van der Waals surface area contributed by atoms with Crippen LogP contribution in [0.5, 0.6) is 0 Å². The molecule has 0 bridgehead atoms. The Labute approximate surface area is 155 Å². The van der Waals surface area contributed by atoms with Gasteiger partial charge in [0.2, 0.25) is 0 Å². The molecule has 0 aliphatic carbocycles. The summed E-state index contributed by atoms with van der Waals surface area (Å²) in [5.74, 6) is 0. The Balaban J connectivity index is 2.27. The van der Waals surface area contributed by atoms with Gasteiger partial charge < -0.3 is 20.4 Å². The van der Waals surface area contributed by atoms with Gasteiger partial charge in [0.15, 0.2) is 0 Å². The molecule has 10 nitrogen and oxygen atoms in total. The predicted octanol–water partition coefficient (Wildman–Crippen LogP) is 1.38. The van der Waals surface area contributed by atoms with Crippen LogP contribution in [0.4, 0.5) is 22.7 Å². The molecular formula is C16H19N3O7S. The van der Waals surface area contributed by atoms with Crippen LogP contribution in [-0.4, -0.2) is 54.4 Å². The number of aliphatic hydroxyl groups excluding tert-OH is 2. The van der Waals surface area contributed by atoms with Crippen LogP contribution in [0.3, 0.4) is 0 Å². The summed E-state index contributed by atoms with van der Waals surface area (Å²) in [5, 5.41) is 32.2. The summed E-state index contributed by atoms with van der Waals surface area (Å²) in [7, 11) is -4.55. The monoisotopic (exact) mass is 397 g/mol. The van der Waals surface area contributed by atoms with Crippen molar-refractivity contribution in [3.05, 3.63) is 52.6 Å². The van der Waals surface area contributed by atoms with Crippen LogP contribution in [0.1, 0.15) is 0 Å². The normalized spacial score (nSPS) is 11.2. The molecule has 0 aliphatic heterocycles. The lowest BCUT2D eigenvalue weighted by molar-refractivity contribution is -0.384. The van der Waals surface area contributed by atoms with E-state index in [1.807, 2.05) is 0 Å². The van der Waals surface area contributed by atoms with Crippen LogP contribution in [0.15, 0.2) is 47.4 Å². The highest BCUT2D eigenvalue weighted by molar-refractivity contribution is 7.85. The van der Waals surface area contributed by atoms with E-state index in [0.717, 1.165) is 17.8 Å². The number of anilines is 3. The van der Waals surface area contributed by atoms with E-state index in [2.05, 4.69) is 5.32 Å². The summed E-state index contributed by atoms with van der Waals surface area (Å²) in [6.07, 6.45) is 0. The number of hydrogen-bond donors (Lipinski definition) is 4. The number of nitrogens with zero attached hydrogens (tertiary/aromatic N) is 2. The number of benzene rings is 2. The van der Waals surface area contributed by atoms with Gasteiger partial charge in [-0.25, -0.2) is 0 Å². The van der Waals surface area contributed by atoms with E-state index in [1.54, 1.807) is 29.2 Å². The zero-order chi connectivity index (χ0) is 20.0. The van der Waals surface area contributed by atoms with Crippen LogP contribution < -0.4 is 10.2 Å². The second-order valence-electron chi connectivity index (χ2n) is 5.52. The van der Waals surface area contributed by atoms with E-state index in [4.69, 9.17) is 14.8 Å². The summed E-state index contributed by atoms with van der Waals surface area (Å²) in [4.78, 5) is 11.7. The lowest BCUT2D eigenvalue weighted by Crippen LogP contribution is -2.29. The molecule has 0 amide bonds. The third-order valence-corrected chi connectivity index (χ3v) is 4.56. The molecule has 0 atom stereocenters. The maximum atomic E-state index is 11.2. The maximum Gasteiger partial charge on any atom is 0.294 e. The summed E-state index contributed by atoms with van der Waals surface area (Å²) >= 11 is 0. The second-order valence-corrected chi connectivity index (χ2v) is 6.94. The van der Waals surface area contributed by atoms with E-state index < -0.39 is 25.6 Å². The first-order valence-electron chi connectivity index (χ1n) is 7.86. The largest absolute Gasteiger partial charge is 0.395 e. The van der Waals surface area contributed by atoms with Crippen LogP contribution in [0.25, 0.3) is 0 Å². The standard InChI is InChI=1S/C16H19N3O7S/c20-9-7-18(8-10-21)13-3-1-12(2-4-13)17-15-6-5-14(27(24,25)26)11-16(15)19(22)23/h1-6,11,17,20-21H,7-10H2,(H,24,25,26). The van der Waals surface area contributed by atoms with E-state index >= 15 is 0 Å². The van der Waals surface area contributed by atoms with Crippen LogP contribution in [0, 0.1) is 10.1 Å². The molecule has 146 valence electrons. The van der Waals surface area contributed by atoms with Gasteiger partial charge >= 0.3 is 0 Å². The van der Waals surface area contributed by atoms with Gasteiger partial charge in [-0.15, -0.1) is 0 Å². The lowest BCUT2D eigenvalue weighted by Gasteiger charge is -2.23. The number of rotatable bonds is 9. The minimum Gasteiger partial charge on any atom is -0.395 e. The first-order chi connectivity index (χ1) is 12.8. The quantitative estimate of drug-likeness (QED) is 0.279. The molecule has 0 fully saturated rings. The van der Waals surface area contributed by atoms with E-state index in [-0.39, 0.29) is 18.9 Å². The van der Waals surface area contributed by atoms with Gasteiger partial charge in [-0.1, -0.05) is 0 Å². The minimum absolute atomic E-state index is 0.0581. The predicted molar refractivity (Wildman–Crippen MR) is 99.0 cm³/mol. The molecule has 0 saturated carbocycles. The Hall–Kier alpha value is -2.73. The number of nitrogens with one attached hydrogen (secondary N) is 1. The first-order valence-corrected chi connectivity index (χ1v) is 9.30. The van der Waals surface area contributed by atoms with Gasteiger partial charge in [-0.2, -0.15) is 8.42 Å². The van der Waals surface area contributed by atoms with Crippen molar-refractivity contribution in [1.29, 1.82) is 0 Å². The molecule has 0 radical (unpaired) electrons. The minimum atomic E-state index is -4.55. The highest BCUT2D eigenvalue weighted by Gasteiger charge is 2.20. The molecule has 0 saturated heterocycles. The first kappa shape index (κ1) is 20.6. The molecule has 0 spiro atoms. The molecular weight excluding hydrogens is 378 g/mol. The zero-order valence-electron chi connectivity index (χ0n) is 14.1. The Morgan fingerprint density at radius 1 is 1.04 bits per heavy atom. The molecule has 0 heterocycles. The summed E-state index contributed by atoms with van der Waals surface area (Å²) in [6.45, 7) is 0.532. The van der Waals surface area contributed by atoms with Crippen LogP contribution in [0.2, 0.25) is 0 Å². The summed E-state index contributed by atoms with van der Waals surface area (Å²) in [6, 6.07) is 9.76. The van der Waals surface area contributed by atoms with E-state index in [9.17, 15) is 18.5 Å². The molecule has 2 rings (SSSR count). The molecule has 11 heteroatoms. The molecule has 4 N–H and O–H groups in total. The third kappa shape index (κ3) is 5.37. The zero-order valence-corrected chi connectivity index (χ0v) is 15.0. The van der Waals surface area contributed by atoms with Crippen LogP contribution >= 0.6 is 0 Å². The highest BCUT2D eigenvalue weighted by Crippen LogP contribution is 2.30. The van der Waals surface area contributed by atoms with Gasteiger partial charge in [0, 0.05) is 30.5 Å². The van der Waals surface area contributed by atoms with E-state index in [0.29, 0.717) is 18.8 Å². The van der Waals surface area contributed by atoms with Crippen LogP contribution in [-0.2, 0) is 10.1 Å². The molecule has 0 unspecified atom stereocenters. The van der Waals surface area contributed by atoms with E-state index in [1.165, 1.54) is 6.07 Å². The second kappa shape index (κ2) is 8.77. The third-order valence-electron chi connectivity index (χ3n) is 3.72. The lowest BCUT2D eigenvalue weighted by atomic mass is 10.2. The topological polar surface area (TPSA) is 153 Å². The number of hydrogen-bond acceptors (Lipinski definition) is 8. The Bertz CT molecular complexity index is 895. The SMILES string of the molecule is O=[N+]([O-])c1cc(S(=O)(=O)O)ccc1Nc1ccc(N(CCO)CCO)cc1. The summed E-state index contributed by atoms with van der Waals surface area (Å²) in [5.41, 5.74) is 0.813. The van der Waals surface area contributed by atoms with Crippen molar-refractivity contribution in [2.75, 3.05) is 36.5 Å². The molecule has 0 aromatic heterocycles. The average molecular weight is 397 g/mol. The van der Waals surface area contributed by atoms with Crippen molar-refractivity contribution in [3.63, 3.8) is 0 Å². The van der Waals surface area contributed by atoms with Crippen molar-refractivity contribution in [2.45, 2.75) is 4.90 Å². The van der Waals surface area contributed by atoms with Gasteiger partial charge in [-0.05, 0) is 36.4 Å². The van der Waals surface area contributed by atoms with Crippen molar-refractivity contribution >= 4 is 32.9 Å². The molecule has 0 aliphatic rings. The number of nitro groups is 1. The number of aliphatic hydroxyl groups is 2. The van der Waals surface area contributed by atoms with Crippen molar-refractivity contribution in [2.24, 2.45) is 0 Å². The fourth-order valence-electron chi connectivity index (χ4n) is 2.45. The highest BCUT2D eigenvalue weighted by atomic mass is 32.2. The fourth-order valence-corrected chi connectivity index (χ4v) is 2.95. The number of nitro benzene ring substituents is 1. The Morgan fingerprint density at radius 3 is 2.11 bits per heavy atom. The maximum absolute atomic E-state index is 11.2. The summed E-state index contributed by atoms with van der Waals surface area (Å²) < 4.78 is 31.3. The van der Waals surface area contributed by atoms with Gasteiger partial charge in [0.1, 0.15) is 10.6 Å². The molecule has 27 heavy (non-hydrogen) atoms. The van der Waals surface area contributed by atoms with Crippen molar-refractivity contribution in [3.8, 4) is 0 Å². The van der Waals surface area contributed by atoms with Gasteiger partial charge in [0.25, 0.3) is 15.8 Å². The Kier molecular flexibility index (Phi) is 6.69. The molecule has 2 aromatic rings. The Morgan fingerprint density at radius 2 is 1.63 bits per heavy atom. The average Bonchev–Trinajstić information content (AvgIpc) is 2.61. The van der Waals surface area contributed by atoms with Gasteiger partial charge in [-0.3, -0.25) is 14.7 Å². The fraction of sp³-hybridized carbons (Fsp3) is 0.250. The van der Waals surface area contributed by atoms with Crippen molar-refractivity contribution < 1.29 is 28.1 Å². The van der Waals surface area contributed by atoms with Crippen molar-refractivity contribution in [1.82, 2.24) is 0 Å². The molecule has 2 aromatic carbocycles.